The Morgan fingerprint density at radius 1 is 1.03 bits per heavy atom. The Labute approximate surface area is 193 Å². The Kier molecular flexibility index (Phi) is 4.65. The number of aromatic nitrogens is 2. The van der Waals surface area contributed by atoms with Crippen LogP contribution in [0.4, 0.5) is 4.39 Å². The van der Waals surface area contributed by atoms with Gasteiger partial charge in [0, 0.05) is 28.5 Å². The van der Waals surface area contributed by atoms with Gasteiger partial charge in [-0.05, 0) is 67.2 Å². The van der Waals surface area contributed by atoms with Gasteiger partial charge in [-0.15, -0.1) is 0 Å². The van der Waals surface area contributed by atoms with Crippen LogP contribution in [-0.2, 0) is 0 Å². The number of benzene rings is 1. The van der Waals surface area contributed by atoms with Crippen molar-refractivity contribution in [2.45, 2.75) is 75.3 Å². The summed E-state index contributed by atoms with van der Waals surface area (Å²) in [6.07, 6.45) is 8.84. The molecule has 0 amide bonds. The summed E-state index contributed by atoms with van der Waals surface area (Å²) in [5.41, 5.74) is -0.715. The minimum Gasteiger partial charge on any atom is -0.393 e. The highest BCUT2D eigenvalue weighted by Gasteiger charge is 2.62. The van der Waals surface area contributed by atoms with Gasteiger partial charge in [0.15, 0.2) is 0 Å². The van der Waals surface area contributed by atoms with Crippen LogP contribution in [0.5, 0.6) is 0 Å². The van der Waals surface area contributed by atoms with Gasteiger partial charge in [-0.25, -0.2) is 4.39 Å². The van der Waals surface area contributed by atoms with E-state index in [0.717, 1.165) is 16.3 Å². The van der Waals surface area contributed by atoms with Crippen LogP contribution < -0.4 is 0 Å². The third kappa shape index (κ3) is 2.93. The van der Waals surface area contributed by atoms with Gasteiger partial charge in [0.05, 0.1) is 24.1 Å². The van der Waals surface area contributed by atoms with Crippen LogP contribution in [0.2, 0.25) is 0 Å². The van der Waals surface area contributed by atoms with E-state index in [2.05, 4.69) is 35.3 Å². The zero-order valence-corrected chi connectivity index (χ0v) is 18.9. The summed E-state index contributed by atoms with van der Waals surface area (Å²) in [4.78, 5) is 0. The fourth-order valence-electron chi connectivity index (χ4n) is 7.50. The monoisotopic (exact) mass is 450 g/mol. The van der Waals surface area contributed by atoms with Gasteiger partial charge in [-0.3, -0.25) is 0 Å². The summed E-state index contributed by atoms with van der Waals surface area (Å²) in [6, 6.07) is 6.27. The molecule has 4 aliphatic rings. The molecule has 1 aromatic heterocycles. The van der Waals surface area contributed by atoms with Crippen LogP contribution in [0, 0.1) is 17.3 Å². The normalized spacial score (nSPS) is 42.6. The minimum absolute atomic E-state index is 0.0579. The minimum atomic E-state index is -1.88. The molecular formula is C27H31FN2O3. The smallest absolute Gasteiger partial charge is 0.145 e. The molecule has 2 saturated carbocycles. The molecule has 3 N–H and O–H groups in total. The van der Waals surface area contributed by atoms with Crippen molar-refractivity contribution < 1.29 is 19.7 Å². The Morgan fingerprint density at radius 3 is 2.64 bits per heavy atom. The lowest BCUT2D eigenvalue weighted by atomic mass is 9.57. The number of rotatable bonds is 1. The van der Waals surface area contributed by atoms with Gasteiger partial charge in [-0.1, -0.05) is 31.2 Å². The number of aliphatic hydroxyl groups excluding tert-OH is 2. The first-order chi connectivity index (χ1) is 15.8. The molecule has 1 heterocycles. The van der Waals surface area contributed by atoms with E-state index in [1.54, 1.807) is 12.4 Å². The summed E-state index contributed by atoms with van der Waals surface area (Å²) in [5.74, 6) is -0.470. The third-order valence-corrected chi connectivity index (χ3v) is 9.32. The predicted molar refractivity (Wildman–Crippen MR) is 124 cm³/mol. The van der Waals surface area contributed by atoms with Crippen molar-refractivity contribution >= 4 is 16.3 Å². The highest BCUT2D eigenvalue weighted by atomic mass is 19.1. The standard InChI is InChI=1S/C27H31FN2O3/c1-25-10-9-22-24(32)26(28)13-20(31)5-4-19(26)8-11-27(22,33)23(25)7-6-21(25)16-2-3-17-14-29-30-15-18(17)12-16/h2-3,6,9,12,14-15,19-20,23-24,31-33H,4-5,7-8,10-11,13H2,1H3/t19?,20?,23?,24?,25?,26?,27-/m1/s1. The largest absolute Gasteiger partial charge is 0.393 e. The van der Waals surface area contributed by atoms with E-state index in [-0.39, 0.29) is 23.7 Å². The zero-order valence-electron chi connectivity index (χ0n) is 18.9. The molecule has 6 unspecified atom stereocenters. The first-order valence-electron chi connectivity index (χ1n) is 12.1. The van der Waals surface area contributed by atoms with Crippen molar-refractivity contribution in [3.05, 3.63) is 53.9 Å². The molecule has 0 aliphatic heterocycles. The van der Waals surface area contributed by atoms with E-state index >= 15 is 4.39 Å². The molecular weight excluding hydrogens is 419 g/mol. The van der Waals surface area contributed by atoms with E-state index in [9.17, 15) is 15.3 Å². The van der Waals surface area contributed by atoms with Crippen LogP contribution in [0.1, 0.15) is 57.4 Å². The number of halogens is 1. The maximum absolute atomic E-state index is 16.2. The van der Waals surface area contributed by atoms with Gasteiger partial charge < -0.3 is 15.3 Å². The Morgan fingerprint density at radius 2 is 1.82 bits per heavy atom. The maximum atomic E-state index is 16.2. The lowest BCUT2D eigenvalue weighted by Crippen LogP contribution is -2.55. The third-order valence-electron chi connectivity index (χ3n) is 9.32. The lowest BCUT2D eigenvalue weighted by Gasteiger charge is -2.50. The molecule has 0 saturated heterocycles. The Balaban J connectivity index is 1.40. The molecule has 6 heteroatoms. The molecule has 4 aliphatic carbocycles. The highest BCUT2D eigenvalue weighted by Crippen LogP contribution is 2.63. The summed E-state index contributed by atoms with van der Waals surface area (Å²) in [5, 5.41) is 43.6. The lowest BCUT2D eigenvalue weighted by molar-refractivity contribution is -0.0963. The number of alkyl halides is 1. The van der Waals surface area contributed by atoms with Crippen LogP contribution in [-0.4, -0.2) is 49.0 Å². The Bertz CT molecular complexity index is 1180. The van der Waals surface area contributed by atoms with Crippen LogP contribution in [0.3, 0.4) is 0 Å². The van der Waals surface area contributed by atoms with E-state index in [1.807, 2.05) is 12.1 Å². The van der Waals surface area contributed by atoms with E-state index in [0.29, 0.717) is 44.1 Å². The molecule has 0 bridgehead atoms. The number of allylic oxidation sites excluding steroid dienone is 3. The summed E-state index contributed by atoms with van der Waals surface area (Å²) in [6.45, 7) is 2.19. The maximum Gasteiger partial charge on any atom is 0.145 e. The molecule has 0 spiro atoms. The quantitative estimate of drug-likeness (QED) is 0.569. The second kappa shape index (κ2) is 7.17. The molecule has 0 radical (unpaired) electrons. The number of hydrogen-bond acceptors (Lipinski definition) is 5. The molecule has 7 atom stereocenters. The average Bonchev–Trinajstić information content (AvgIpc) is 3.12. The van der Waals surface area contributed by atoms with Crippen molar-refractivity contribution in [3.63, 3.8) is 0 Å². The molecule has 2 fully saturated rings. The van der Waals surface area contributed by atoms with Crippen molar-refractivity contribution in [3.8, 4) is 0 Å². The number of hydrogen-bond donors (Lipinski definition) is 3. The number of fused-ring (bicyclic) bond motifs is 5. The summed E-state index contributed by atoms with van der Waals surface area (Å²) >= 11 is 0. The van der Waals surface area contributed by atoms with Crippen molar-refractivity contribution in [1.82, 2.24) is 10.2 Å². The van der Waals surface area contributed by atoms with E-state index in [4.69, 9.17) is 0 Å². The number of aliphatic hydroxyl groups is 3. The van der Waals surface area contributed by atoms with Crippen molar-refractivity contribution in [1.29, 1.82) is 0 Å². The first-order valence-corrected chi connectivity index (χ1v) is 12.1. The molecule has 174 valence electrons. The summed E-state index contributed by atoms with van der Waals surface area (Å²) in [7, 11) is 0. The van der Waals surface area contributed by atoms with Gasteiger partial charge in [0.2, 0.25) is 0 Å². The average molecular weight is 451 g/mol. The topological polar surface area (TPSA) is 86.5 Å². The molecule has 1 aromatic carbocycles. The highest BCUT2D eigenvalue weighted by molar-refractivity contribution is 5.86. The van der Waals surface area contributed by atoms with E-state index in [1.165, 1.54) is 5.57 Å². The summed E-state index contributed by atoms with van der Waals surface area (Å²) < 4.78 is 16.2. The van der Waals surface area contributed by atoms with Gasteiger partial charge in [0.25, 0.3) is 0 Å². The first kappa shape index (κ1) is 21.4. The van der Waals surface area contributed by atoms with Crippen molar-refractivity contribution in [2.75, 3.05) is 0 Å². The van der Waals surface area contributed by atoms with Crippen LogP contribution in [0.15, 0.2) is 48.3 Å². The van der Waals surface area contributed by atoms with Gasteiger partial charge in [0.1, 0.15) is 11.8 Å². The molecule has 2 aromatic rings. The predicted octanol–water partition coefficient (Wildman–Crippen LogP) is 4.12. The SMILES string of the molecule is CC12CC=C3C(O)C4(F)CC(O)CCC4CC[C@]3(O)C1CC=C2c1ccc2cnncc2c1. The fourth-order valence-corrected chi connectivity index (χ4v) is 7.50. The van der Waals surface area contributed by atoms with Crippen molar-refractivity contribution in [2.24, 2.45) is 17.3 Å². The second-order valence-corrected chi connectivity index (χ2v) is 10.9. The fraction of sp³-hybridized carbons (Fsp3) is 0.556. The Hall–Kier alpha value is -2.15. The van der Waals surface area contributed by atoms with Crippen LogP contribution >= 0.6 is 0 Å². The molecule has 33 heavy (non-hydrogen) atoms. The van der Waals surface area contributed by atoms with Crippen LogP contribution in [0.25, 0.3) is 16.3 Å². The molecule has 5 nitrogen and oxygen atoms in total. The molecule has 6 rings (SSSR count). The number of nitrogens with zero attached hydrogens (tertiary/aromatic N) is 2. The second-order valence-electron chi connectivity index (χ2n) is 10.9. The zero-order chi connectivity index (χ0) is 23.0. The van der Waals surface area contributed by atoms with E-state index < -0.39 is 23.5 Å². The van der Waals surface area contributed by atoms with Gasteiger partial charge >= 0.3 is 0 Å². The van der Waals surface area contributed by atoms with Gasteiger partial charge in [-0.2, -0.15) is 10.2 Å².